The first-order chi connectivity index (χ1) is 12.1. The molecule has 0 N–H and O–H groups in total. The molecule has 4 heteroatoms. The van der Waals surface area contributed by atoms with Crippen molar-refractivity contribution in [2.24, 2.45) is 5.92 Å². The zero-order valence-electron chi connectivity index (χ0n) is 15.2. The number of likely N-dealkylation sites (tertiary alicyclic amines) is 1. The Labute approximate surface area is 150 Å². The summed E-state index contributed by atoms with van der Waals surface area (Å²) in [5.74, 6) is 0.327. The molecule has 0 radical (unpaired) electrons. The van der Waals surface area contributed by atoms with Crippen LogP contribution in [0.1, 0.15) is 29.8 Å². The normalized spacial score (nSPS) is 18.1. The predicted octanol–water partition coefficient (Wildman–Crippen LogP) is 3.26. The number of hydrogen-bond acceptors (Lipinski definition) is 3. The fourth-order valence-electron chi connectivity index (χ4n) is 3.56. The van der Waals surface area contributed by atoms with E-state index in [0.717, 1.165) is 43.9 Å². The van der Waals surface area contributed by atoms with Crippen molar-refractivity contribution >= 4 is 5.91 Å². The standard InChI is InChI=1S/C21H27N3O/c1-17-8-6-12-20(22-17)16-23(2)21(25)19-11-7-13-24(15-19)14-18-9-4-3-5-10-18/h3-6,8-10,12,19H,7,11,13-16H2,1-2H3. The zero-order chi connectivity index (χ0) is 17.6. The molecule has 1 aliphatic rings. The Morgan fingerprint density at radius 1 is 1.20 bits per heavy atom. The molecule has 1 aliphatic heterocycles. The molecule has 25 heavy (non-hydrogen) atoms. The lowest BCUT2D eigenvalue weighted by molar-refractivity contribution is -0.136. The first-order valence-electron chi connectivity index (χ1n) is 9.05. The summed E-state index contributed by atoms with van der Waals surface area (Å²) in [6.45, 7) is 5.40. The molecule has 0 saturated carbocycles. The summed E-state index contributed by atoms with van der Waals surface area (Å²) in [6.07, 6.45) is 2.06. The van der Waals surface area contributed by atoms with E-state index in [2.05, 4.69) is 34.1 Å². The Morgan fingerprint density at radius 2 is 2.00 bits per heavy atom. The molecule has 0 bridgehead atoms. The maximum atomic E-state index is 12.9. The fourth-order valence-corrected chi connectivity index (χ4v) is 3.56. The first kappa shape index (κ1) is 17.6. The molecule has 2 aromatic rings. The van der Waals surface area contributed by atoms with Crippen molar-refractivity contribution in [3.8, 4) is 0 Å². The number of nitrogens with zero attached hydrogens (tertiary/aromatic N) is 3. The third kappa shape index (κ3) is 4.89. The van der Waals surface area contributed by atoms with Crippen LogP contribution >= 0.6 is 0 Å². The molecule has 0 aliphatic carbocycles. The molecule has 132 valence electrons. The summed E-state index contributed by atoms with van der Waals surface area (Å²) in [6, 6.07) is 16.5. The molecule has 1 atom stereocenters. The van der Waals surface area contributed by atoms with E-state index in [1.807, 2.05) is 43.1 Å². The van der Waals surface area contributed by atoms with E-state index in [-0.39, 0.29) is 11.8 Å². The monoisotopic (exact) mass is 337 g/mol. The van der Waals surface area contributed by atoms with Crippen LogP contribution in [-0.2, 0) is 17.9 Å². The van der Waals surface area contributed by atoms with E-state index in [1.165, 1.54) is 5.56 Å². The van der Waals surface area contributed by atoms with Crippen LogP contribution in [0.4, 0.5) is 0 Å². The quantitative estimate of drug-likeness (QED) is 0.840. The summed E-state index contributed by atoms with van der Waals surface area (Å²) >= 11 is 0. The molecule has 1 aromatic carbocycles. The van der Waals surface area contributed by atoms with E-state index < -0.39 is 0 Å². The highest BCUT2D eigenvalue weighted by molar-refractivity contribution is 5.78. The average Bonchev–Trinajstić information content (AvgIpc) is 2.62. The fraction of sp³-hybridized carbons (Fsp3) is 0.429. The van der Waals surface area contributed by atoms with E-state index in [1.54, 1.807) is 0 Å². The molecule has 1 fully saturated rings. The van der Waals surface area contributed by atoms with Gasteiger partial charge in [-0.2, -0.15) is 0 Å². The third-order valence-electron chi connectivity index (χ3n) is 4.83. The number of pyridine rings is 1. The van der Waals surface area contributed by atoms with Gasteiger partial charge in [-0.15, -0.1) is 0 Å². The molecule has 1 unspecified atom stereocenters. The Morgan fingerprint density at radius 3 is 2.76 bits per heavy atom. The van der Waals surface area contributed by atoms with Gasteiger partial charge in [-0.3, -0.25) is 14.7 Å². The number of aromatic nitrogens is 1. The van der Waals surface area contributed by atoms with Crippen molar-refractivity contribution in [1.29, 1.82) is 0 Å². The summed E-state index contributed by atoms with van der Waals surface area (Å²) in [4.78, 5) is 21.6. The number of benzene rings is 1. The number of piperidine rings is 1. The zero-order valence-corrected chi connectivity index (χ0v) is 15.2. The highest BCUT2D eigenvalue weighted by Gasteiger charge is 2.28. The van der Waals surface area contributed by atoms with Gasteiger partial charge >= 0.3 is 0 Å². The smallest absolute Gasteiger partial charge is 0.227 e. The maximum Gasteiger partial charge on any atom is 0.227 e. The minimum atomic E-state index is 0.0901. The van der Waals surface area contributed by atoms with Crippen molar-refractivity contribution < 1.29 is 4.79 Å². The van der Waals surface area contributed by atoms with Crippen LogP contribution in [-0.4, -0.2) is 40.8 Å². The van der Waals surface area contributed by atoms with Crippen molar-refractivity contribution in [3.63, 3.8) is 0 Å². The van der Waals surface area contributed by atoms with Crippen molar-refractivity contribution in [3.05, 3.63) is 65.5 Å². The lowest BCUT2D eigenvalue weighted by atomic mass is 9.96. The number of amides is 1. The van der Waals surface area contributed by atoms with E-state index >= 15 is 0 Å². The van der Waals surface area contributed by atoms with Crippen LogP contribution in [0.15, 0.2) is 48.5 Å². The summed E-state index contributed by atoms with van der Waals surface area (Å²) in [5, 5.41) is 0. The van der Waals surface area contributed by atoms with E-state index in [0.29, 0.717) is 6.54 Å². The summed E-state index contributed by atoms with van der Waals surface area (Å²) < 4.78 is 0. The second-order valence-electron chi connectivity index (χ2n) is 7.02. The van der Waals surface area contributed by atoms with Gasteiger partial charge in [0, 0.05) is 25.8 Å². The number of hydrogen-bond donors (Lipinski definition) is 0. The molecule has 4 nitrogen and oxygen atoms in total. The van der Waals surface area contributed by atoms with Crippen LogP contribution in [0.2, 0.25) is 0 Å². The number of carbonyl (C=O) groups excluding carboxylic acids is 1. The van der Waals surface area contributed by atoms with Gasteiger partial charge in [-0.1, -0.05) is 36.4 Å². The first-order valence-corrected chi connectivity index (χ1v) is 9.05. The Kier molecular flexibility index (Phi) is 5.82. The molecular weight excluding hydrogens is 310 g/mol. The third-order valence-corrected chi connectivity index (χ3v) is 4.83. The minimum absolute atomic E-state index is 0.0901. The largest absolute Gasteiger partial charge is 0.340 e. The van der Waals surface area contributed by atoms with Crippen molar-refractivity contribution in [2.75, 3.05) is 20.1 Å². The molecular formula is C21H27N3O. The molecule has 1 amide bonds. The van der Waals surface area contributed by atoms with Gasteiger partial charge in [0.15, 0.2) is 0 Å². The van der Waals surface area contributed by atoms with E-state index in [4.69, 9.17) is 0 Å². The van der Waals surface area contributed by atoms with Gasteiger partial charge in [-0.25, -0.2) is 0 Å². The molecule has 0 spiro atoms. The summed E-state index contributed by atoms with van der Waals surface area (Å²) in [5.41, 5.74) is 3.26. The second-order valence-corrected chi connectivity index (χ2v) is 7.02. The topological polar surface area (TPSA) is 36.4 Å². The van der Waals surface area contributed by atoms with Gasteiger partial charge in [0.25, 0.3) is 0 Å². The second kappa shape index (κ2) is 8.26. The molecule has 2 heterocycles. The van der Waals surface area contributed by atoms with Gasteiger partial charge in [0.2, 0.25) is 5.91 Å². The van der Waals surface area contributed by atoms with E-state index in [9.17, 15) is 4.79 Å². The average molecular weight is 337 g/mol. The molecule has 1 saturated heterocycles. The van der Waals surface area contributed by atoms with Gasteiger partial charge < -0.3 is 4.90 Å². The van der Waals surface area contributed by atoms with Crippen LogP contribution in [0, 0.1) is 12.8 Å². The minimum Gasteiger partial charge on any atom is -0.340 e. The van der Waals surface area contributed by atoms with Crippen LogP contribution in [0.3, 0.4) is 0 Å². The SMILES string of the molecule is Cc1cccc(CN(C)C(=O)C2CCCN(Cc3ccccc3)C2)n1. The number of rotatable bonds is 5. The lowest BCUT2D eigenvalue weighted by Crippen LogP contribution is -2.43. The van der Waals surface area contributed by atoms with Gasteiger partial charge in [0.1, 0.15) is 0 Å². The Bertz CT molecular complexity index is 701. The predicted molar refractivity (Wildman–Crippen MR) is 99.9 cm³/mol. The Balaban J connectivity index is 1.57. The molecule has 3 rings (SSSR count). The van der Waals surface area contributed by atoms with Crippen LogP contribution in [0.5, 0.6) is 0 Å². The van der Waals surface area contributed by atoms with Gasteiger partial charge in [0.05, 0.1) is 18.2 Å². The van der Waals surface area contributed by atoms with Crippen LogP contribution in [0.25, 0.3) is 0 Å². The van der Waals surface area contributed by atoms with Gasteiger partial charge in [-0.05, 0) is 44.0 Å². The number of carbonyl (C=O) groups is 1. The highest BCUT2D eigenvalue weighted by Crippen LogP contribution is 2.21. The lowest BCUT2D eigenvalue weighted by Gasteiger charge is -2.34. The van der Waals surface area contributed by atoms with Crippen molar-refractivity contribution in [1.82, 2.24) is 14.8 Å². The van der Waals surface area contributed by atoms with Crippen molar-refractivity contribution in [2.45, 2.75) is 32.9 Å². The van der Waals surface area contributed by atoms with Crippen LogP contribution < -0.4 is 0 Å². The summed E-state index contributed by atoms with van der Waals surface area (Å²) in [7, 11) is 1.89. The Hall–Kier alpha value is -2.20. The number of aryl methyl sites for hydroxylation is 1. The maximum absolute atomic E-state index is 12.9. The molecule has 1 aromatic heterocycles. The highest BCUT2D eigenvalue weighted by atomic mass is 16.2.